The van der Waals surface area contributed by atoms with Gasteiger partial charge in [0.2, 0.25) is 11.8 Å². The number of piperidine rings is 2. The number of likely N-dealkylation sites (tertiary alicyclic amines) is 1. The van der Waals surface area contributed by atoms with Gasteiger partial charge in [0.25, 0.3) is 5.91 Å². The van der Waals surface area contributed by atoms with Crippen LogP contribution in [0.5, 0.6) is 0 Å². The van der Waals surface area contributed by atoms with Crippen molar-refractivity contribution < 1.29 is 14.4 Å². The van der Waals surface area contributed by atoms with Gasteiger partial charge in [-0.05, 0) is 43.4 Å². The Morgan fingerprint density at radius 1 is 1.29 bits per heavy atom. The van der Waals surface area contributed by atoms with Gasteiger partial charge in [0.1, 0.15) is 6.04 Å². The summed E-state index contributed by atoms with van der Waals surface area (Å²) in [5.41, 5.74) is 9.02. The molecule has 0 saturated carbocycles. The number of nitrogens with zero attached hydrogens (tertiary/aromatic N) is 2. The predicted molar refractivity (Wildman–Crippen MR) is 104 cm³/mol. The van der Waals surface area contributed by atoms with Gasteiger partial charge in [0.15, 0.2) is 0 Å². The van der Waals surface area contributed by atoms with Crippen molar-refractivity contribution in [1.29, 1.82) is 0 Å². The maximum atomic E-state index is 13.2. The van der Waals surface area contributed by atoms with E-state index in [9.17, 15) is 14.4 Å². The molecule has 1 aromatic carbocycles. The standard InChI is InChI=1S/C21H28N4O3/c1-2-21(22)9-4-10-24(13-21)11-14-5-3-6-15-12-25(20(28)18(14)15)16-7-8-17(26)23-19(16)27/h3,5-6,16H,2,4,7-13,22H2,1H3,(H,23,26,27). The summed E-state index contributed by atoms with van der Waals surface area (Å²) in [7, 11) is 0. The van der Waals surface area contributed by atoms with Crippen molar-refractivity contribution in [2.75, 3.05) is 13.1 Å². The van der Waals surface area contributed by atoms with Crippen LogP contribution in [0.2, 0.25) is 0 Å². The Bertz CT molecular complexity index is 824. The normalized spacial score (nSPS) is 28.4. The van der Waals surface area contributed by atoms with Crippen molar-refractivity contribution in [3.05, 3.63) is 34.9 Å². The van der Waals surface area contributed by atoms with Crippen LogP contribution in [-0.4, -0.2) is 52.2 Å². The summed E-state index contributed by atoms with van der Waals surface area (Å²) >= 11 is 0. The van der Waals surface area contributed by atoms with Crippen molar-refractivity contribution in [2.45, 2.75) is 63.7 Å². The van der Waals surface area contributed by atoms with Gasteiger partial charge < -0.3 is 10.6 Å². The molecular formula is C21H28N4O3. The van der Waals surface area contributed by atoms with E-state index in [2.05, 4.69) is 17.1 Å². The van der Waals surface area contributed by atoms with E-state index in [1.807, 2.05) is 18.2 Å². The number of carbonyl (C=O) groups is 3. The number of nitrogens with one attached hydrogen (secondary N) is 1. The minimum Gasteiger partial charge on any atom is -0.324 e. The maximum Gasteiger partial charge on any atom is 0.255 e. The lowest BCUT2D eigenvalue weighted by Gasteiger charge is -2.40. The van der Waals surface area contributed by atoms with Gasteiger partial charge in [-0.3, -0.25) is 24.6 Å². The van der Waals surface area contributed by atoms with Gasteiger partial charge in [-0.2, -0.15) is 0 Å². The molecular weight excluding hydrogens is 356 g/mol. The van der Waals surface area contributed by atoms with Gasteiger partial charge in [0, 0.05) is 37.2 Å². The van der Waals surface area contributed by atoms with E-state index < -0.39 is 6.04 Å². The Balaban J connectivity index is 1.54. The lowest BCUT2D eigenvalue weighted by Crippen LogP contribution is -2.53. The van der Waals surface area contributed by atoms with Gasteiger partial charge in [0.05, 0.1) is 0 Å². The molecule has 2 unspecified atom stereocenters. The fraction of sp³-hybridized carbons (Fsp3) is 0.571. The zero-order chi connectivity index (χ0) is 19.9. The molecule has 3 aliphatic heterocycles. The van der Waals surface area contributed by atoms with Crippen LogP contribution in [0.4, 0.5) is 0 Å². The first kappa shape index (κ1) is 19.1. The average Bonchev–Trinajstić information content (AvgIpc) is 2.99. The summed E-state index contributed by atoms with van der Waals surface area (Å²) in [5, 5.41) is 2.36. The molecule has 2 fully saturated rings. The van der Waals surface area contributed by atoms with Crippen LogP contribution < -0.4 is 11.1 Å². The predicted octanol–water partition coefficient (Wildman–Crippen LogP) is 1.15. The SMILES string of the molecule is CCC1(N)CCCN(Cc2cccc3c2C(=O)N(C2CCC(=O)NC2=O)C3)C1. The average molecular weight is 384 g/mol. The second-order valence-electron chi connectivity index (χ2n) is 8.38. The van der Waals surface area contributed by atoms with Crippen LogP contribution in [0.25, 0.3) is 0 Å². The first-order valence-electron chi connectivity index (χ1n) is 10.2. The van der Waals surface area contributed by atoms with Crippen molar-refractivity contribution in [1.82, 2.24) is 15.1 Å². The Morgan fingerprint density at radius 3 is 2.86 bits per heavy atom. The van der Waals surface area contributed by atoms with Gasteiger partial charge >= 0.3 is 0 Å². The van der Waals surface area contributed by atoms with Gasteiger partial charge in [-0.25, -0.2) is 0 Å². The first-order valence-corrected chi connectivity index (χ1v) is 10.2. The Hall–Kier alpha value is -2.25. The number of carbonyl (C=O) groups excluding carboxylic acids is 3. The number of hydrogen-bond acceptors (Lipinski definition) is 5. The first-order chi connectivity index (χ1) is 13.4. The van der Waals surface area contributed by atoms with Crippen molar-refractivity contribution >= 4 is 17.7 Å². The minimum atomic E-state index is -0.572. The molecule has 3 aliphatic rings. The van der Waals surface area contributed by atoms with E-state index in [1.165, 1.54) is 0 Å². The van der Waals surface area contributed by atoms with Crippen LogP contribution in [0, 0.1) is 0 Å². The fourth-order valence-corrected chi connectivity index (χ4v) is 4.74. The summed E-state index contributed by atoms with van der Waals surface area (Å²) in [5.74, 6) is -0.741. The molecule has 0 aliphatic carbocycles. The van der Waals surface area contributed by atoms with Crippen molar-refractivity contribution in [2.24, 2.45) is 5.73 Å². The molecule has 2 atom stereocenters. The van der Waals surface area contributed by atoms with E-state index in [0.717, 1.165) is 49.0 Å². The van der Waals surface area contributed by atoms with Crippen LogP contribution in [-0.2, 0) is 22.7 Å². The molecule has 3 heterocycles. The highest BCUT2D eigenvalue weighted by Crippen LogP contribution is 2.31. The molecule has 7 heteroatoms. The number of amides is 3. The van der Waals surface area contributed by atoms with Crippen LogP contribution in [0.15, 0.2) is 18.2 Å². The summed E-state index contributed by atoms with van der Waals surface area (Å²) in [6.45, 7) is 5.05. The molecule has 1 aromatic rings. The highest BCUT2D eigenvalue weighted by molar-refractivity contribution is 6.05. The van der Waals surface area contributed by atoms with Gasteiger partial charge in [-0.1, -0.05) is 25.1 Å². The largest absolute Gasteiger partial charge is 0.324 e. The summed E-state index contributed by atoms with van der Waals surface area (Å²) in [6, 6.07) is 5.37. The van der Waals surface area contributed by atoms with E-state index in [4.69, 9.17) is 5.73 Å². The van der Waals surface area contributed by atoms with Crippen LogP contribution in [0.3, 0.4) is 0 Å². The smallest absolute Gasteiger partial charge is 0.255 e. The molecule has 7 nitrogen and oxygen atoms in total. The second kappa shape index (κ2) is 7.29. The third-order valence-corrected chi connectivity index (χ3v) is 6.42. The van der Waals surface area contributed by atoms with E-state index in [0.29, 0.717) is 19.5 Å². The van der Waals surface area contributed by atoms with Crippen LogP contribution >= 0.6 is 0 Å². The Morgan fingerprint density at radius 2 is 2.11 bits per heavy atom. The number of nitrogens with two attached hydrogens (primary N) is 1. The zero-order valence-corrected chi connectivity index (χ0v) is 16.4. The number of fused-ring (bicyclic) bond motifs is 1. The number of imide groups is 1. The molecule has 28 heavy (non-hydrogen) atoms. The number of rotatable bonds is 4. The molecule has 2 saturated heterocycles. The van der Waals surface area contributed by atoms with E-state index in [-0.39, 0.29) is 29.7 Å². The van der Waals surface area contributed by atoms with Gasteiger partial charge in [-0.15, -0.1) is 0 Å². The fourth-order valence-electron chi connectivity index (χ4n) is 4.74. The van der Waals surface area contributed by atoms with Crippen molar-refractivity contribution in [3.63, 3.8) is 0 Å². The van der Waals surface area contributed by atoms with E-state index >= 15 is 0 Å². The molecule has 3 amide bonds. The minimum absolute atomic E-state index is 0.105. The molecule has 0 bridgehead atoms. The quantitative estimate of drug-likeness (QED) is 0.760. The Labute approximate surface area is 165 Å². The molecule has 0 radical (unpaired) electrons. The summed E-state index contributed by atoms with van der Waals surface area (Å²) < 4.78 is 0. The lowest BCUT2D eigenvalue weighted by atomic mass is 9.87. The molecule has 3 N–H and O–H groups in total. The Kier molecular flexibility index (Phi) is 4.97. The molecule has 4 rings (SSSR count). The summed E-state index contributed by atoms with van der Waals surface area (Å²) in [4.78, 5) is 40.8. The molecule has 0 aromatic heterocycles. The van der Waals surface area contributed by atoms with E-state index in [1.54, 1.807) is 4.90 Å². The second-order valence-corrected chi connectivity index (χ2v) is 8.38. The maximum absolute atomic E-state index is 13.2. The van der Waals surface area contributed by atoms with Crippen molar-refractivity contribution in [3.8, 4) is 0 Å². The highest BCUT2D eigenvalue weighted by Gasteiger charge is 2.40. The molecule has 150 valence electrons. The topological polar surface area (TPSA) is 95.7 Å². The third kappa shape index (κ3) is 3.44. The zero-order valence-electron chi connectivity index (χ0n) is 16.4. The number of benzene rings is 1. The highest BCUT2D eigenvalue weighted by atomic mass is 16.2. The summed E-state index contributed by atoms with van der Waals surface area (Å²) in [6.07, 6.45) is 3.70. The lowest BCUT2D eigenvalue weighted by molar-refractivity contribution is -0.136. The molecule has 0 spiro atoms. The van der Waals surface area contributed by atoms with Crippen LogP contribution in [0.1, 0.15) is 60.5 Å². The third-order valence-electron chi connectivity index (χ3n) is 6.42. The number of hydrogen-bond donors (Lipinski definition) is 2. The monoisotopic (exact) mass is 384 g/mol.